The third kappa shape index (κ3) is 3.05. The third-order valence-electron chi connectivity index (χ3n) is 3.86. The Balaban J connectivity index is 1.68. The van der Waals surface area contributed by atoms with Gasteiger partial charge in [-0.15, -0.1) is 0 Å². The molecule has 0 aliphatic heterocycles. The van der Waals surface area contributed by atoms with E-state index < -0.39 is 0 Å². The van der Waals surface area contributed by atoms with Crippen LogP contribution in [-0.2, 0) is 6.54 Å². The first-order valence-corrected chi connectivity index (χ1v) is 8.48. The molecule has 3 heterocycles. The molecule has 0 bridgehead atoms. The van der Waals surface area contributed by atoms with E-state index in [1.54, 1.807) is 47.3 Å². The van der Waals surface area contributed by atoms with Crippen LogP contribution < -0.4 is 5.32 Å². The van der Waals surface area contributed by atoms with Gasteiger partial charge in [-0.1, -0.05) is 29.3 Å². The SMILES string of the molecule is O=C(NCc1ccco1)c1cnn2c(-c3ccc(Cl)c(Cl)c3)ccnc12. The number of nitrogens with one attached hydrogen (secondary N) is 1. The number of carbonyl (C=O) groups is 1. The molecule has 130 valence electrons. The Morgan fingerprint density at radius 1 is 1.19 bits per heavy atom. The smallest absolute Gasteiger partial charge is 0.257 e. The lowest BCUT2D eigenvalue weighted by Gasteiger charge is -2.06. The van der Waals surface area contributed by atoms with E-state index >= 15 is 0 Å². The van der Waals surface area contributed by atoms with Gasteiger partial charge in [0.25, 0.3) is 5.91 Å². The average Bonchev–Trinajstić information content (AvgIpc) is 3.31. The molecule has 0 saturated carbocycles. The van der Waals surface area contributed by atoms with Gasteiger partial charge in [0.05, 0.1) is 34.7 Å². The van der Waals surface area contributed by atoms with Gasteiger partial charge in [-0.25, -0.2) is 9.50 Å². The fraction of sp³-hybridized carbons (Fsp3) is 0.0556. The van der Waals surface area contributed by atoms with Crippen LogP contribution in [0.15, 0.2) is 59.5 Å². The number of fused-ring (bicyclic) bond motifs is 1. The van der Waals surface area contributed by atoms with E-state index in [1.165, 1.54) is 6.20 Å². The van der Waals surface area contributed by atoms with Crippen LogP contribution in [0, 0.1) is 0 Å². The van der Waals surface area contributed by atoms with Crippen LogP contribution in [0.25, 0.3) is 16.9 Å². The molecule has 26 heavy (non-hydrogen) atoms. The van der Waals surface area contributed by atoms with Crippen molar-refractivity contribution in [3.05, 3.63) is 76.4 Å². The molecule has 4 rings (SSSR count). The maximum Gasteiger partial charge on any atom is 0.257 e. The second-order valence-corrected chi connectivity index (χ2v) is 6.33. The number of amides is 1. The standard InChI is InChI=1S/C18H12Cl2N4O2/c19-14-4-3-11(8-15(14)20)16-5-6-21-17-13(10-23-24(16)17)18(25)22-9-12-2-1-7-26-12/h1-8,10H,9H2,(H,22,25). The lowest BCUT2D eigenvalue weighted by molar-refractivity contribution is 0.0949. The van der Waals surface area contributed by atoms with Crippen molar-refractivity contribution < 1.29 is 9.21 Å². The minimum atomic E-state index is -0.282. The van der Waals surface area contributed by atoms with E-state index in [1.807, 2.05) is 6.07 Å². The number of aromatic nitrogens is 3. The summed E-state index contributed by atoms with van der Waals surface area (Å²) in [5.74, 6) is 0.384. The van der Waals surface area contributed by atoms with Crippen molar-refractivity contribution in [2.45, 2.75) is 6.54 Å². The van der Waals surface area contributed by atoms with E-state index in [9.17, 15) is 4.79 Å². The van der Waals surface area contributed by atoms with Gasteiger partial charge in [0.2, 0.25) is 0 Å². The Bertz CT molecular complexity index is 1090. The van der Waals surface area contributed by atoms with Crippen LogP contribution in [-0.4, -0.2) is 20.5 Å². The molecular formula is C18H12Cl2N4O2. The molecule has 1 N–H and O–H groups in total. The van der Waals surface area contributed by atoms with Gasteiger partial charge >= 0.3 is 0 Å². The number of nitrogens with zero attached hydrogens (tertiary/aromatic N) is 3. The number of carbonyl (C=O) groups excluding carboxylic acids is 1. The van der Waals surface area contributed by atoms with Crippen molar-refractivity contribution in [2.75, 3.05) is 0 Å². The number of halogens is 2. The van der Waals surface area contributed by atoms with Gasteiger partial charge in [0.15, 0.2) is 5.65 Å². The van der Waals surface area contributed by atoms with Crippen LogP contribution >= 0.6 is 23.2 Å². The molecule has 1 aromatic carbocycles. The maximum atomic E-state index is 12.5. The Morgan fingerprint density at radius 2 is 2.08 bits per heavy atom. The molecule has 0 fully saturated rings. The highest BCUT2D eigenvalue weighted by molar-refractivity contribution is 6.42. The van der Waals surface area contributed by atoms with E-state index in [4.69, 9.17) is 27.6 Å². The molecule has 4 aromatic rings. The quantitative estimate of drug-likeness (QED) is 0.569. The van der Waals surface area contributed by atoms with E-state index in [-0.39, 0.29) is 12.5 Å². The largest absolute Gasteiger partial charge is 0.467 e. The number of benzene rings is 1. The summed E-state index contributed by atoms with van der Waals surface area (Å²) in [5, 5.41) is 8.01. The van der Waals surface area contributed by atoms with Gasteiger partial charge in [-0.2, -0.15) is 5.10 Å². The highest BCUT2D eigenvalue weighted by Gasteiger charge is 2.16. The van der Waals surface area contributed by atoms with Crippen LogP contribution in [0.1, 0.15) is 16.1 Å². The van der Waals surface area contributed by atoms with Crippen LogP contribution in [0.4, 0.5) is 0 Å². The van der Waals surface area contributed by atoms with Gasteiger partial charge in [0.1, 0.15) is 11.3 Å². The summed E-state index contributed by atoms with van der Waals surface area (Å²) in [7, 11) is 0. The second-order valence-electron chi connectivity index (χ2n) is 5.51. The predicted octanol–water partition coefficient (Wildman–Crippen LogP) is 4.23. The molecule has 3 aromatic heterocycles. The zero-order valence-corrected chi connectivity index (χ0v) is 14.8. The van der Waals surface area contributed by atoms with Crippen LogP contribution in [0.2, 0.25) is 10.0 Å². The van der Waals surface area contributed by atoms with Crippen molar-refractivity contribution in [3.8, 4) is 11.3 Å². The average molecular weight is 387 g/mol. The molecule has 0 unspecified atom stereocenters. The Hall–Kier alpha value is -2.83. The summed E-state index contributed by atoms with van der Waals surface area (Å²) in [5.41, 5.74) is 2.39. The van der Waals surface area contributed by atoms with Gasteiger partial charge in [0, 0.05) is 11.8 Å². The first-order valence-electron chi connectivity index (χ1n) is 7.72. The summed E-state index contributed by atoms with van der Waals surface area (Å²) in [6, 6.07) is 10.6. The zero-order chi connectivity index (χ0) is 18.1. The molecule has 0 radical (unpaired) electrons. The highest BCUT2D eigenvalue weighted by atomic mass is 35.5. The molecule has 0 aliphatic rings. The minimum Gasteiger partial charge on any atom is -0.467 e. The van der Waals surface area contributed by atoms with Crippen molar-refractivity contribution >= 4 is 34.8 Å². The normalized spacial score (nSPS) is 11.0. The minimum absolute atomic E-state index is 0.282. The number of rotatable bonds is 4. The summed E-state index contributed by atoms with van der Waals surface area (Å²) in [6.07, 6.45) is 4.67. The molecule has 6 nitrogen and oxygen atoms in total. The summed E-state index contributed by atoms with van der Waals surface area (Å²) < 4.78 is 6.81. The first kappa shape index (κ1) is 16.6. The summed E-state index contributed by atoms with van der Waals surface area (Å²) in [4.78, 5) is 16.8. The summed E-state index contributed by atoms with van der Waals surface area (Å²) in [6.45, 7) is 0.287. The van der Waals surface area contributed by atoms with Crippen LogP contribution in [0.5, 0.6) is 0 Å². The number of hydrogen-bond donors (Lipinski definition) is 1. The zero-order valence-electron chi connectivity index (χ0n) is 13.3. The van der Waals surface area contributed by atoms with E-state index in [2.05, 4.69) is 15.4 Å². The van der Waals surface area contributed by atoms with Gasteiger partial charge in [-0.05, 0) is 30.3 Å². The topological polar surface area (TPSA) is 72.4 Å². The molecule has 0 spiro atoms. The Kier molecular flexibility index (Phi) is 4.36. The van der Waals surface area contributed by atoms with Crippen molar-refractivity contribution in [1.82, 2.24) is 19.9 Å². The number of hydrogen-bond acceptors (Lipinski definition) is 4. The Labute approximate surface area is 158 Å². The van der Waals surface area contributed by atoms with Crippen molar-refractivity contribution in [1.29, 1.82) is 0 Å². The Morgan fingerprint density at radius 3 is 2.85 bits per heavy atom. The third-order valence-corrected chi connectivity index (χ3v) is 4.60. The van der Waals surface area contributed by atoms with Crippen molar-refractivity contribution in [3.63, 3.8) is 0 Å². The molecule has 0 atom stereocenters. The molecule has 8 heteroatoms. The van der Waals surface area contributed by atoms with Gasteiger partial charge in [-0.3, -0.25) is 4.79 Å². The van der Waals surface area contributed by atoms with E-state index in [0.717, 1.165) is 11.3 Å². The van der Waals surface area contributed by atoms with Gasteiger partial charge < -0.3 is 9.73 Å². The maximum absolute atomic E-state index is 12.5. The van der Waals surface area contributed by atoms with Crippen molar-refractivity contribution in [2.24, 2.45) is 0 Å². The first-order chi connectivity index (χ1) is 12.6. The predicted molar refractivity (Wildman–Crippen MR) is 98.3 cm³/mol. The van der Waals surface area contributed by atoms with Crippen LogP contribution in [0.3, 0.4) is 0 Å². The van der Waals surface area contributed by atoms with E-state index in [0.29, 0.717) is 27.0 Å². The fourth-order valence-corrected chi connectivity index (χ4v) is 2.90. The molecular weight excluding hydrogens is 375 g/mol. The second kappa shape index (κ2) is 6.82. The lowest BCUT2D eigenvalue weighted by Crippen LogP contribution is -2.22. The molecule has 0 aliphatic carbocycles. The fourth-order valence-electron chi connectivity index (χ4n) is 2.60. The monoisotopic (exact) mass is 386 g/mol. The summed E-state index contributed by atoms with van der Waals surface area (Å²) >= 11 is 12.1. The molecule has 1 amide bonds. The highest BCUT2D eigenvalue weighted by Crippen LogP contribution is 2.28. The lowest BCUT2D eigenvalue weighted by atomic mass is 10.1. The number of furan rings is 1. The molecule has 0 saturated heterocycles.